The molecule has 0 rings (SSSR count). The lowest BCUT2D eigenvalue weighted by molar-refractivity contribution is 0.625. The molecule has 1 N–H and O–H groups in total. The summed E-state index contributed by atoms with van der Waals surface area (Å²) in [4.78, 5) is 4.88. The zero-order chi connectivity index (χ0) is 17.2. The molecule has 3 heteroatoms. The Morgan fingerprint density at radius 2 is 1.78 bits per heavy atom. The van der Waals surface area contributed by atoms with Gasteiger partial charge in [-0.25, -0.2) is 0 Å². The molecule has 1 atom stereocenters. The van der Waals surface area contributed by atoms with Gasteiger partial charge in [0, 0.05) is 29.0 Å². The molecule has 0 aromatic heterocycles. The number of aliphatic imine (C=N–C) groups is 1. The van der Waals surface area contributed by atoms with E-state index in [1.165, 1.54) is 69.3 Å². The third-order valence-electron chi connectivity index (χ3n) is 4.32. The molecule has 2 nitrogen and oxygen atoms in total. The molecule has 0 heterocycles. The van der Waals surface area contributed by atoms with Gasteiger partial charge in [-0.3, -0.25) is 4.99 Å². The normalized spacial score (nSPS) is 13.6. The Labute approximate surface area is 148 Å². The molecule has 0 fully saturated rings. The third-order valence-corrected chi connectivity index (χ3v) is 6.53. The quantitative estimate of drug-likeness (QED) is 0.132. The zero-order valence-corrected chi connectivity index (χ0v) is 17.6. The topological polar surface area (TPSA) is 24.4 Å². The van der Waals surface area contributed by atoms with Gasteiger partial charge in [0.05, 0.1) is 5.84 Å². The van der Waals surface area contributed by atoms with Gasteiger partial charge < -0.3 is 5.32 Å². The highest BCUT2D eigenvalue weighted by Gasteiger charge is 2.07. The van der Waals surface area contributed by atoms with Gasteiger partial charge >= 0.3 is 0 Å². The largest absolute Gasteiger partial charge is 0.374 e. The smallest absolute Gasteiger partial charge is 0.0965 e. The average molecular weight is 339 g/mol. The second-order valence-electron chi connectivity index (χ2n) is 6.91. The number of hydrogen-bond acceptors (Lipinski definition) is 1. The highest BCUT2D eigenvalue weighted by atomic mass is 28.2. The molecule has 0 bridgehead atoms. The number of hydrogen-bond donors (Lipinski definition) is 1. The van der Waals surface area contributed by atoms with Crippen molar-refractivity contribution in [2.24, 2.45) is 10.9 Å². The van der Waals surface area contributed by atoms with Crippen molar-refractivity contribution in [2.75, 3.05) is 13.1 Å². The Bertz CT molecular complexity index is 289. The van der Waals surface area contributed by atoms with Crippen LogP contribution in [0.2, 0.25) is 12.1 Å². The van der Waals surface area contributed by atoms with Crippen molar-refractivity contribution in [1.29, 1.82) is 0 Å². The van der Waals surface area contributed by atoms with E-state index in [4.69, 9.17) is 4.99 Å². The monoisotopic (exact) mass is 338 g/mol. The molecule has 0 aromatic rings. The van der Waals surface area contributed by atoms with Crippen LogP contribution in [0.5, 0.6) is 0 Å². The predicted molar refractivity (Wildman–Crippen MR) is 111 cm³/mol. The fourth-order valence-corrected chi connectivity index (χ4v) is 4.20. The first-order valence-electron chi connectivity index (χ1n) is 10.1. The van der Waals surface area contributed by atoms with Gasteiger partial charge in [-0.15, -0.1) is 6.58 Å². The molecular weight excluding hydrogens is 296 g/mol. The molecule has 0 spiro atoms. The minimum Gasteiger partial charge on any atom is -0.374 e. The summed E-state index contributed by atoms with van der Waals surface area (Å²) >= 11 is 0. The fourth-order valence-electron chi connectivity index (χ4n) is 2.77. The molecule has 0 aromatic carbocycles. The van der Waals surface area contributed by atoms with Crippen LogP contribution in [0.3, 0.4) is 0 Å². The zero-order valence-electron chi connectivity index (χ0n) is 16.2. The van der Waals surface area contributed by atoms with E-state index in [2.05, 4.69) is 38.7 Å². The standard InChI is InChI=1S/C20H42N2Si/c1-5-8-10-12-14-21-20(22-15-13-11-9-6-2)17-19(4)18-23-16-7-3/h7,19H,3,5-6,8-18,23H2,1-2,4H3,(H,21,22). The molecule has 1 unspecified atom stereocenters. The average Bonchev–Trinajstić information content (AvgIpc) is 2.54. The van der Waals surface area contributed by atoms with E-state index in [0.29, 0.717) is 0 Å². The van der Waals surface area contributed by atoms with E-state index < -0.39 is 0 Å². The number of nitrogens with one attached hydrogen (secondary N) is 1. The number of nitrogens with zero attached hydrogens (tertiary/aromatic N) is 1. The molecule has 136 valence electrons. The summed E-state index contributed by atoms with van der Waals surface area (Å²) in [5.74, 6) is 2.05. The van der Waals surface area contributed by atoms with E-state index in [-0.39, 0.29) is 9.52 Å². The van der Waals surface area contributed by atoms with Crippen molar-refractivity contribution < 1.29 is 0 Å². The van der Waals surface area contributed by atoms with Crippen molar-refractivity contribution in [3.05, 3.63) is 12.7 Å². The van der Waals surface area contributed by atoms with Gasteiger partial charge in [-0.2, -0.15) is 0 Å². The Morgan fingerprint density at radius 3 is 2.43 bits per heavy atom. The Morgan fingerprint density at radius 1 is 1.09 bits per heavy atom. The molecule has 0 aliphatic rings. The van der Waals surface area contributed by atoms with Crippen LogP contribution in [-0.2, 0) is 0 Å². The lowest BCUT2D eigenvalue weighted by Crippen LogP contribution is -2.27. The minimum atomic E-state index is 0.0591. The van der Waals surface area contributed by atoms with E-state index >= 15 is 0 Å². The SMILES string of the molecule is C=CC[SiH2]CC(C)CC(=NCCCCCC)NCCCCCC. The van der Waals surface area contributed by atoms with Gasteiger partial charge in [0.15, 0.2) is 0 Å². The number of amidine groups is 1. The maximum Gasteiger partial charge on any atom is 0.0965 e. The van der Waals surface area contributed by atoms with Crippen LogP contribution >= 0.6 is 0 Å². The van der Waals surface area contributed by atoms with Crippen LogP contribution in [0, 0.1) is 5.92 Å². The molecule has 0 radical (unpaired) electrons. The van der Waals surface area contributed by atoms with Crippen molar-refractivity contribution >= 4 is 15.4 Å². The maximum absolute atomic E-state index is 4.88. The second kappa shape index (κ2) is 17.8. The van der Waals surface area contributed by atoms with Crippen molar-refractivity contribution in [3.63, 3.8) is 0 Å². The van der Waals surface area contributed by atoms with Crippen molar-refractivity contribution in [1.82, 2.24) is 5.32 Å². The van der Waals surface area contributed by atoms with Crippen LogP contribution < -0.4 is 5.32 Å². The highest BCUT2D eigenvalue weighted by molar-refractivity contribution is 6.36. The van der Waals surface area contributed by atoms with Gasteiger partial charge in [0.2, 0.25) is 0 Å². The first-order valence-corrected chi connectivity index (χ1v) is 12.1. The summed E-state index contributed by atoms with van der Waals surface area (Å²) in [5, 5.41) is 3.64. The second-order valence-corrected chi connectivity index (χ2v) is 8.77. The molecular formula is C20H42N2Si. The fraction of sp³-hybridized carbons (Fsp3) is 0.850. The van der Waals surface area contributed by atoms with Gasteiger partial charge in [0.25, 0.3) is 0 Å². The summed E-state index contributed by atoms with van der Waals surface area (Å²) in [6.07, 6.45) is 13.7. The number of unbranched alkanes of at least 4 members (excludes halogenated alkanes) is 6. The lowest BCUT2D eigenvalue weighted by Gasteiger charge is -2.15. The summed E-state index contributed by atoms with van der Waals surface area (Å²) in [6.45, 7) is 12.9. The van der Waals surface area contributed by atoms with Crippen LogP contribution in [-0.4, -0.2) is 28.4 Å². The van der Waals surface area contributed by atoms with E-state index in [1.54, 1.807) is 0 Å². The van der Waals surface area contributed by atoms with Crippen LogP contribution in [0.15, 0.2) is 17.6 Å². The van der Waals surface area contributed by atoms with Crippen LogP contribution in [0.25, 0.3) is 0 Å². The van der Waals surface area contributed by atoms with E-state index in [0.717, 1.165) is 25.4 Å². The molecule has 0 amide bonds. The van der Waals surface area contributed by atoms with Crippen molar-refractivity contribution in [2.45, 2.75) is 90.6 Å². The molecule has 0 aliphatic heterocycles. The van der Waals surface area contributed by atoms with Crippen LogP contribution in [0.1, 0.15) is 78.6 Å². The predicted octanol–water partition coefficient (Wildman–Crippen LogP) is 5.35. The van der Waals surface area contributed by atoms with E-state index in [1.807, 2.05) is 0 Å². The third kappa shape index (κ3) is 16.1. The molecule has 0 saturated heterocycles. The van der Waals surface area contributed by atoms with Gasteiger partial charge in [-0.05, 0) is 24.8 Å². The van der Waals surface area contributed by atoms with E-state index in [9.17, 15) is 0 Å². The lowest BCUT2D eigenvalue weighted by atomic mass is 10.1. The van der Waals surface area contributed by atoms with Gasteiger partial charge in [0.1, 0.15) is 0 Å². The first kappa shape index (κ1) is 22.4. The Hall–Kier alpha value is -0.573. The highest BCUT2D eigenvalue weighted by Crippen LogP contribution is 2.10. The minimum absolute atomic E-state index is 0.0591. The number of rotatable bonds is 16. The summed E-state index contributed by atoms with van der Waals surface area (Å²) < 4.78 is 0. The van der Waals surface area contributed by atoms with Gasteiger partial charge in [-0.1, -0.05) is 71.4 Å². The summed E-state index contributed by atoms with van der Waals surface area (Å²) in [6, 6.07) is 2.69. The Kier molecular flexibility index (Phi) is 17.3. The number of allylic oxidation sites excluding steroid dienone is 1. The summed E-state index contributed by atoms with van der Waals surface area (Å²) in [7, 11) is 0.0591. The van der Waals surface area contributed by atoms with Crippen LogP contribution in [0.4, 0.5) is 0 Å². The summed E-state index contributed by atoms with van der Waals surface area (Å²) in [5.41, 5.74) is 0. The van der Waals surface area contributed by atoms with Crippen molar-refractivity contribution in [3.8, 4) is 0 Å². The molecule has 23 heavy (non-hydrogen) atoms. The molecule has 0 aliphatic carbocycles. The Balaban J connectivity index is 4.12. The molecule has 0 saturated carbocycles. The first-order chi connectivity index (χ1) is 11.2. The maximum atomic E-state index is 4.88.